The third-order valence-corrected chi connectivity index (χ3v) is 6.58. The minimum absolute atomic E-state index is 0.0812. The highest BCUT2D eigenvalue weighted by Gasteiger charge is 2.38. The molecule has 2 bridgehead atoms. The highest BCUT2D eigenvalue weighted by atomic mass is 35.5. The number of hydrogen-bond acceptors (Lipinski definition) is 3. The van der Waals surface area contributed by atoms with Crippen LogP contribution in [0.1, 0.15) is 25.7 Å². The molecule has 2 heterocycles. The average molecular weight is 315 g/mol. The fourth-order valence-corrected chi connectivity index (χ4v) is 4.99. The van der Waals surface area contributed by atoms with Crippen molar-refractivity contribution >= 4 is 21.6 Å². The molecule has 0 saturated carbocycles. The SMILES string of the molecule is CN(C1CC2CCC(C1)N2)S(=O)(=O)c1cccc(Cl)c1. The Bertz CT molecular complexity index is 593. The van der Waals surface area contributed by atoms with E-state index in [0.29, 0.717) is 17.1 Å². The zero-order valence-corrected chi connectivity index (χ0v) is 13.0. The van der Waals surface area contributed by atoms with E-state index in [2.05, 4.69) is 5.32 Å². The maximum absolute atomic E-state index is 12.7. The number of hydrogen-bond donors (Lipinski definition) is 1. The molecule has 2 aliphatic heterocycles. The molecule has 6 heteroatoms. The number of halogens is 1. The summed E-state index contributed by atoms with van der Waals surface area (Å²) in [6, 6.07) is 7.50. The summed E-state index contributed by atoms with van der Waals surface area (Å²) in [6.45, 7) is 0. The second-order valence-electron chi connectivity index (χ2n) is 5.74. The number of nitrogens with one attached hydrogen (secondary N) is 1. The highest BCUT2D eigenvalue weighted by molar-refractivity contribution is 7.89. The molecular weight excluding hydrogens is 296 g/mol. The van der Waals surface area contributed by atoms with Crippen LogP contribution < -0.4 is 5.32 Å². The van der Waals surface area contributed by atoms with Crippen LogP contribution in [0.25, 0.3) is 0 Å². The van der Waals surface area contributed by atoms with E-state index < -0.39 is 10.0 Å². The van der Waals surface area contributed by atoms with Gasteiger partial charge in [-0.05, 0) is 43.9 Å². The average Bonchev–Trinajstić information content (AvgIpc) is 2.76. The lowest BCUT2D eigenvalue weighted by atomic mass is 10.0. The van der Waals surface area contributed by atoms with E-state index in [4.69, 9.17) is 11.6 Å². The van der Waals surface area contributed by atoms with Crippen molar-refractivity contribution in [3.05, 3.63) is 29.3 Å². The van der Waals surface area contributed by atoms with Gasteiger partial charge in [-0.1, -0.05) is 17.7 Å². The van der Waals surface area contributed by atoms with Crippen LogP contribution in [0.5, 0.6) is 0 Å². The summed E-state index contributed by atoms with van der Waals surface area (Å²) in [5.74, 6) is 0. The first-order chi connectivity index (χ1) is 9.46. The zero-order chi connectivity index (χ0) is 14.3. The van der Waals surface area contributed by atoms with Crippen molar-refractivity contribution < 1.29 is 8.42 Å². The second-order valence-corrected chi connectivity index (χ2v) is 8.18. The van der Waals surface area contributed by atoms with E-state index in [1.807, 2.05) is 0 Å². The second kappa shape index (κ2) is 5.30. The van der Waals surface area contributed by atoms with Gasteiger partial charge in [0, 0.05) is 30.2 Å². The normalized spacial score (nSPS) is 29.9. The number of piperidine rings is 1. The lowest BCUT2D eigenvalue weighted by molar-refractivity contribution is 0.251. The molecule has 0 aromatic heterocycles. The molecule has 2 unspecified atom stereocenters. The summed E-state index contributed by atoms with van der Waals surface area (Å²) >= 11 is 5.90. The molecule has 3 rings (SSSR count). The highest BCUT2D eigenvalue weighted by Crippen LogP contribution is 2.31. The lowest BCUT2D eigenvalue weighted by Gasteiger charge is -2.34. The van der Waals surface area contributed by atoms with Gasteiger partial charge in [0.2, 0.25) is 10.0 Å². The molecule has 2 aliphatic rings. The minimum Gasteiger partial charge on any atom is -0.311 e. The Morgan fingerprint density at radius 2 is 1.90 bits per heavy atom. The van der Waals surface area contributed by atoms with Crippen LogP contribution in [0, 0.1) is 0 Å². The van der Waals surface area contributed by atoms with E-state index in [1.165, 1.54) is 10.4 Å². The predicted molar refractivity (Wildman–Crippen MR) is 79.4 cm³/mol. The number of rotatable bonds is 3. The summed E-state index contributed by atoms with van der Waals surface area (Å²) < 4.78 is 26.9. The van der Waals surface area contributed by atoms with E-state index in [1.54, 1.807) is 25.2 Å². The van der Waals surface area contributed by atoms with Gasteiger partial charge in [0.25, 0.3) is 0 Å². The molecule has 20 heavy (non-hydrogen) atoms. The van der Waals surface area contributed by atoms with Crippen LogP contribution in [-0.2, 0) is 10.0 Å². The molecule has 0 aliphatic carbocycles. The van der Waals surface area contributed by atoms with E-state index in [9.17, 15) is 8.42 Å². The summed E-state index contributed by atoms with van der Waals surface area (Å²) in [4.78, 5) is 0.276. The third kappa shape index (κ3) is 2.60. The molecule has 2 atom stereocenters. The molecule has 4 nitrogen and oxygen atoms in total. The molecule has 0 amide bonds. The summed E-state index contributed by atoms with van der Waals surface area (Å²) in [6.07, 6.45) is 4.11. The van der Waals surface area contributed by atoms with E-state index in [-0.39, 0.29) is 10.9 Å². The Morgan fingerprint density at radius 3 is 2.50 bits per heavy atom. The number of nitrogens with zero attached hydrogens (tertiary/aromatic N) is 1. The maximum Gasteiger partial charge on any atom is 0.243 e. The predicted octanol–water partition coefficient (Wildman–Crippen LogP) is 2.24. The zero-order valence-electron chi connectivity index (χ0n) is 11.4. The molecule has 0 radical (unpaired) electrons. The van der Waals surface area contributed by atoms with Gasteiger partial charge < -0.3 is 5.32 Å². The maximum atomic E-state index is 12.7. The van der Waals surface area contributed by atoms with Crippen LogP contribution in [-0.4, -0.2) is 37.9 Å². The van der Waals surface area contributed by atoms with E-state index >= 15 is 0 Å². The molecule has 2 fully saturated rings. The number of sulfonamides is 1. The molecule has 1 aromatic carbocycles. The van der Waals surface area contributed by atoms with Crippen molar-refractivity contribution in [2.75, 3.05) is 7.05 Å². The molecule has 2 saturated heterocycles. The van der Waals surface area contributed by atoms with Crippen molar-refractivity contribution in [3.8, 4) is 0 Å². The quantitative estimate of drug-likeness (QED) is 0.931. The van der Waals surface area contributed by atoms with Gasteiger partial charge in [-0.3, -0.25) is 0 Å². The first kappa shape index (κ1) is 14.3. The Labute approximate surface area is 125 Å². The van der Waals surface area contributed by atoms with Gasteiger partial charge in [-0.25, -0.2) is 8.42 Å². The van der Waals surface area contributed by atoms with Gasteiger partial charge >= 0.3 is 0 Å². The smallest absolute Gasteiger partial charge is 0.243 e. The van der Waals surface area contributed by atoms with Crippen LogP contribution in [0.15, 0.2) is 29.2 Å². The standard InChI is InChI=1S/C14H19ClN2O2S/c1-17(13-8-11-5-6-12(9-13)16-11)20(18,19)14-4-2-3-10(15)7-14/h2-4,7,11-13,16H,5-6,8-9H2,1H3. The van der Waals surface area contributed by atoms with Crippen molar-refractivity contribution in [2.45, 2.75) is 48.7 Å². The van der Waals surface area contributed by atoms with Crippen LogP contribution >= 0.6 is 11.6 Å². The monoisotopic (exact) mass is 314 g/mol. The van der Waals surface area contributed by atoms with Crippen molar-refractivity contribution in [1.29, 1.82) is 0 Å². The first-order valence-corrected chi connectivity index (χ1v) is 8.78. The number of benzene rings is 1. The van der Waals surface area contributed by atoms with Crippen molar-refractivity contribution in [1.82, 2.24) is 9.62 Å². The summed E-state index contributed by atoms with van der Waals surface area (Å²) in [5, 5.41) is 3.98. The van der Waals surface area contributed by atoms with Crippen LogP contribution in [0.4, 0.5) is 0 Å². The largest absolute Gasteiger partial charge is 0.311 e. The summed E-state index contributed by atoms with van der Waals surface area (Å²) in [7, 11) is -1.77. The van der Waals surface area contributed by atoms with Crippen molar-refractivity contribution in [2.24, 2.45) is 0 Å². The van der Waals surface area contributed by atoms with Gasteiger partial charge in [0.1, 0.15) is 0 Å². The van der Waals surface area contributed by atoms with E-state index in [0.717, 1.165) is 25.7 Å². The third-order valence-electron chi connectivity index (χ3n) is 4.44. The topological polar surface area (TPSA) is 49.4 Å². The molecule has 0 spiro atoms. The van der Waals surface area contributed by atoms with Gasteiger partial charge in [0.05, 0.1) is 4.90 Å². The molecule has 1 aromatic rings. The number of fused-ring (bicyclic) bond motifs is 2. The lowest BCUT2D eigenvalue weighted by Crippen LogP contribution is -2.48. The van der Waals surface area contributed by atoms with Gasteiger partial charge in [-0.2, -0.15) is 4.31 Å². The van der Waals surface area contributed by atoms with Crippen LogP contribution in [0.3, 0.4) is 0 Å². The summed E-state index contributed by atoms with van der Waals surface area (Å²) in [5.41, 5.74) is 0. The van der Waals surface area contributed by atoms with Gasteiger partial charge in [0.15, 0.2) is 0 Å². The Balaban J connectivity index is 1.84. The Hall–Kier alpha value is -0.620. The minimum atomic E-state index is -3.46. The molecular formula is C14H19ClN2O2S. The molecule has 110 valence electrons. The molecule has 1 N–H and O–H groups in total. The Kier molecular flexibility index (Phi) is 3.79. The van der Waals surface area contributed by atoms with Gasteiger partial charge in [-0.15, -0.1) is 0 Å². The first-order valence-electron chi connectivity index (χ1n) is 6.96. The fraction of sp³-hybridized carbons (Fsp3) is 0.571. The van der Waals surface area contributed by atoms with Crippen LogP contribution in [0.2, 0.25) is 5.02 Å². The van der Waals surface area contributed by atoms with Crippen molar-refractivity contribution in [3.63, 3.8) is 0 Å². The fourth-order valence-electron chi connectivity index (χ4n) is 3.31. The Morgan fingerprint density at radius 1 is 1.25 bits per heavy atom.